The maximum Gasteiger partial charge on any atom is 0.165 e. The minimum atomic E-state index is -0.328. The third kappa shape index (κ3) is 2.66. The third-order valence-electron chi connectivity index (χ3n) is 4.27. The Morgan fingerprint density at radius 1 is 1.19 bits per heavy atom. The summed E-state index contributed by atoms with van der Waals surface area (Å²) in [6.07, 6.45) is 0.881. The Bertz CT molecular complexity index is 626. The highest BCUT2D eigenvalue weighted by Crippen LogP contribution is 2.43. The number of halogens is 1. The van der Waals surface area contributed by atoms with Crippen molar-refractivity contribution in [3.8, 4) is 5.75 Å². The van der Waals surface area contributed by atoms with Crippen molar-refractivity contribution in [1.29, 1.82) is 0 Å². The average molecular weight is 286 g/mol. The normalized spacial score (nSPS) is 25.0. The van der Waals surface area contributed by atoms with Gasteiger partial charge in [0, 0.05) is 5.92 Å². The monoisotopic (exact) mass is 286 g/mol. The molecule has 1 saturated heterocycles. The molecule has 21 heavy (non-hydrogen) atoms. The van der Waals surface area contributed by atoms with Crippen LogP contribution in [0.2, 0.25) is 0 Å². The molecule has 1 heterocycles. The summed E-state index contributed by atoms with van der Waals surface area (Å²) in [5.41, 5.74) is 1.96. The van der Waals surface area contributed by atoms with Crippen molar-refractivity contribution < 1.29 is 13.9 Å². The summed E-state index contributed by atoms with van der Waals surface area (Å²) >= 11 is 0. The highest BCUT2D eigenvalue weighted by molar-refractivity contribution is 5.34. The zero-order valence-electron chi connectivity index (χ0n) is 12.3. The molecule has 0 aliphatic carbocycles. The van der Waals surface area contributed by atoms with Crippen molar-refractivity contribution in [1.82, 2.24) is 0 Å². The molecule has 0 unspecified atom stereocenters. The molecule has 2 aromatic rings. The van der Waals surface area contributed by atoms with E-state index in [1.807, 2.05) is 24.3 Å². The molecule has 1 aliphatic rings. The predicted molar refractivity (Wildman–Crippen MR) is 80.1 cm³/mol. The summed E-state index contributed by atoms with van der Waals surface area (Å²) in [5, 5.41) is 0. The van der Waals surface area contributed by atoms with E-state index in [1.165, 1.54) is 18.7 Å². The molecule has 2 nitrogen and oxygen atoms in total. The molecule has 2 atom stereocenters. The Labute approximate surface area is 124 Å². The zero-order valence-corrected chi connectivity index (χ0v) is 12.3. The van der Waals surface area contributed by atoms with Crippen molar-refractivity contribution in [2.45, 2.75) is 24.9 Å². The largest absolute Gasteiger partial charge is 0.494 e. The van der Waals surface area contributed by atoms with Gasteiger partial charge in [0.1, 0.15) is 0 Å². The van der Waals surface area contributed by atoms with E-state index in [9.17, 15) is 4.39 Å². The van der Waals surface area contributed by atoms with E-state index >= 15 is 0 Å². The van der Waals surface area contributed by atoms with Gasteiger partial charge in [0.05, 0.1) is 19.3 Å². The van der Waals surface area contributed by atoms with E-state index in [-0.39, 0.29) is 17.3 Å². The lowest BCUT2D eigenvalue weighted by molar-refractivity contribution is 0.0164. The van der Waals surface area contributed by atoms with Crippen molar-refractivity contribution in [2.24, 2.45) is 0 Å². The van der Waals surface area contributed by atoms with E-state index in [1.54, 1.807) is 6.07 Å². The maximum atomic E-state index is 13.5. The SMILES string of the molecule is COc1cc([C@H]2CO[C@@](C)(c3ccccc3)C2)ccc1F. The van der Waals surface area contributed by atoms with Crippen molar-refractivity contribution in [2.75, 3.05) is 13.7 Å². The first-order valence-corrected chi connectivity index (χ1v) is 7.15. The van der Waals surface area contributed by atoms with Gasteiger partial charge in [-0.3, -0.25) is 0 Å². The van der Waals surface area contributed by atoms with Gasteiger partial charge in [0.25, 0.3) is 0 Å². The molecule has 0 aromatic heterocycles. The molecule has 0 amide bonds. The Hall–Kier alpha value is -1.87. The lowest BCUT2D eigenvalue weighted by Gasteiger charge is -2.24. The second kappa shape index (κ2) is 5.49. The molecule has 0 radical (unpaired) electrons. The first-order chi connectivity index (χ1) is 10.1. The molecule has 0 bridgehead atoms. The van der Waals surface area contributed by atoms with Crippen LogP contribution in [0.4, 0.5) is 4.39 Å². The molecule has 0 saturated carbocycles. The van der Waals surface area contributed by atoms with Crippen LogP contribution in [0.5, 0.6) is 5.75 Å². The fourth-order valence-corrected chi connectivity index (χ4v) is 3.01. The molecule has 3 rings (SSSR count). The van der Waals surface area contributed by atoms with Gasteiger partial charge in [-0.15, -0.1) is 0 Å². The quantitative estimate of drug-likeness (QED) is 0.839. The molecular formula is C18H19FO2. The summed E-state index contributed by atoms with van der Waals surface area (Å²) < 4.78 is 24.6. The second-order valence-electron chi connectivity index (χ2n) is 5.70. The first-order valence-electron chi connectivity index (χ1n) is 7.15. The van der Waals surface area contributed by atoms with Crippen LogP contribution >= 0.6 is 0 Å². The third-order valence-corrected chi connectivity index (χ3v) is 4.27. The number of rotatable bonds is 3. The summed E-state index contributed by atoms with van der Waals surface area (Å²) in [6, 6.07) is 15.3. The molecule has 0 N–H and O–H groups in total. The predicted octanol–water partition coefficient (Wildman–Crippen LogP) is 4.25. The van der Waals surface area contributed by atoms with Gasteiger partial charge in [0.2, 0.25) is 0 Å². The molecule has 1 aliphatic heterocycles. The number of methoxy groups -OCH3 is 1. The van der Waals surface area contributed by atoms with Crippen LogP contribution in [0.15, 0.2) is 48.5 Å². The van der Waals surface area contributed by atoms with Crippen LogP contribution in [-0.4, -0.2) is 13.7 Å². The standard InChI is InChI=1S/C18H19FO2/c1-18(15-6-4-3-5-7-15)11-14(12-21-18)13-8-9-16(19)17(10-13)20-2/h3-10,14H,11-12H2,1-2H3/t14-,18-/m1/s1. The number of ether oxygens (including phenoxy) is 2. The molecule has 2 aromatic carbocycles. The Morgan fingerprint density at radius 3 is 2.67 bits per heavy atom. The van der Waals surface area contributed by atoms with Crippen LogP contribution in [-0.2, 0) is 10.3 Å². The van der Waals surface area contributed by atoms with E-state index in [4.69, 9.17) is 9.47 Å². The summed E-state index contributed by atoms with van der Waals surface area (Å²) in [6.45, 7) is 2.75. The summed E-state index contributed by atoms with van der Waals surface area (Å²) in [7, 11) is 1.49. The number of benzene rings is 2. The van der Waals surface area contributed by atoms with Crippen LogP contribution in [0.25, 0.3) is 0 Å². The van der Waals surface area contributed by atoms with Gasteiger partial charge >= 0.3 is 0 Å². The van der Waals surface area contributed by atoms with Crippen LogP contribution in [0.1, 0.15) is 30.4 Å². The highest BCUT2D eigenvalue weighted by Gasteiger charge is 2.38. The molecule has 1 fully saturated rings. The van der Waals surface area contributed by atoms with E-state index in [0.717, 1.165) is 12.0 Å². The molecular weight excluding hydrogens is 267 g/mol. The maximum absolute atomic E-state index is 13.5. The van der Waals surface area contributed by atoms with E-state index in [0.29, 0.717) is 12.4 Å². The number of hydrogen-bond donors (Lipinski definition) is 0. The van der Waals surface area contributed by atoms with Gasteiger partial charge < -0.3 is 9.47 Å². The second-order valence-corrected chi connectivity index (χ2v) is 5.70. The van der Waals surface area contributed by atoms with Crippen LogP contribution in [0.3, 0.4) is 0 Å². The Balaban J connectivity index is 1.84. The van der Waals surface area contributed by atoms with Gasteiger partial charge in [-0.1, -0.05) is 36.4 Å². The minimum absolute atomic E-state index is 0.254. The first kappa shape index (κ1) is 14.1. The zero-order chi connectivity index (χ0) is 14.9. The fraction of sp³-hybridized carbons (Fsp3) is 0.333. The smallest absolute Gasteiger partial charge is 0.165 e. The highest BCUT2D eigenvalue weighted by atomic mass is 19.1. The van der Waals surface area contributed by atoms with Crippen LogP contribution < -0.4 is 4.74 Å². The van der Waals surface area contributed by atoms with Crippen molar-refractivity contribution in [3.63, 3.8) is 0 Å². The lowest BCUT2D eigenvalue weighted by atomic mass is 9.86. The van der Waals surface area contributed by atoms with E-state index < -0.39 is 0 Å². The summed E-state index contributed by atoms with van der Waals surface area (Å²) in [4.78, 5) is 0. The van der Waals surface area contributed by atoms with Gasteiger partial charge in [-0.05, 0) is 36.6 Å². The Morgan fingerprint density at radius 2 is 1.95 bits per heavy atom. The molecule has 110 valence electrons. The van der Waals surface area contributed by atoms with Gasteiger partial charge in [-0.2, -0.15) is 0 Å². The number of hydrogen-bond acceptors (Lipinski definition) is 2. The Kier molecular flexibility index (Phi) is 3.68. The topological polar surface area (TPSA) is 18.5 Å². The summed E-state index contributed by atoms with van der Waals surface area (Å²) in [5.74, 6) is 0.219. The van der Waals surface area contributed by atoms with Crippen molar-refractivity contribution in [3.05, 3.63) is 65.5 Å². The van der Waals surface area contributed by atoms with Crippen LogP contribution in [0, 0.1) is 5.82 Å². The molecule has 0 spiro atoms. The average Bonchev–Trinajstić information content (AvgIpc) is 2.92. The van der Waals surface area contributed by atoms with Gasteiger partial charge in [-0.25, -0.2) is 4.39 Å². The molecule has 3 heteroatoms. The van der Waals surface area contributed by atoms with E-state index in [2.05, 4.69) is 19.1 Å². The lowest BCUT2D eigenvalue weighted by Crippen LogP contribution is -2.19. The van der Waals surface area contributed by atoms with Crippen molar-refractivity contribution >= 4 is 0 Å². The fourth-order valence-electron chi connectivity index (χ4n) is 3.01. The van der Waals surface area contributed by atoms with Gasteiger partial charge in [0.15, 0.2) is 11.6 Å². The minimum Gasteiger partial charge on any atom is -0.494 e.